The molecular formula is C29H26FNO3. The molecule has 0 bridgehead atoms. The third-order valence-corrected chi connectivity index (χ3v) is 6.53. The highest BCUT2D eigenvalue weighted by Gasteiger charge is 2.39. The number of nitrogens with zero attached hydrogens (tertiary/aromatic N) is 1. The molecule has 5 heteroatoms. The lowest BCUT2D eigenvalue weighted by Crippen LogP contribution is -2.40. The molecule has 0 fully saturated rings. The lowest BCUT2D eigenvalue weighted by atomic mass is 9.77. The number of halogens is 1. The number of Topliss-reactive ketones (excluding diaryl/α,β-unsaturated/α-hetero) is 1. The number of carbonyl (C=O) groups is 2. The first-order valence-corrected chi connectivity index (χ1v) is 11.6. The highest BCUT2D eigenvalue weighted by molar-refractivity contribution is 6.07. The van der Waals surface area contributed by atoms with E-state index in [2.05, 4.69) is 19.1 Å². The first-order valence-electron chi connectivity index (χ1n) is 11.6. The van der Waals surface area contributed by atoms with Gasteiger partial charge in [-0.05, 0) is 67.3 Å². The smallest absolute Gasteiger partial charge is 0.232 e. The first kappa shape index (κ1) is 22.1. The Morgan fingerprint density at radius 2 is 1.74 bits per heavy atom. The number of amides is 1. The molecule has 3 aromatic carbocycles. The van der Waals surface area contributed by atoms with Crippen molar-refractivity contribution >= 4 is 17.4 Å². The van der Waals surface area contributed by atoms with E-state index in [1.807, 2.05) is 36.4 Å². The Balaban J connectivity index is 1.42. The molecule has 1 amide bonds. The average Bonchev–Trinajstić information content (AvgIpc) is 2.84. The summed E-state index contributed by atoms with van der Waals surface area (Å²) in [5, 5.41) is 0. The van der Waals surface area contributed by atoms with Gasteiger partial charge in [0.1, 0.15) is 18.2 Å². The van der Waals surface area contributed by atoms with Crippen molar-refractivity contribution in [1.29, 1.82) is 0 Å². The molecule has 0 spiro atoms. The summed E-state index contributed by atoms with van der Waals surface area (Å²) in [6.07, 6.45) is 2.05. The second-order valence-electron chi connectivity index (χ2n) is 8.95. The fraction of sp³-hybridized carbons (Fsp3) is 0.241. The number of hydrogen-bond donors (Lipinski definition) is 0. The Morgan fingerprint density at radius 3 is 2.47 bits per heavy atom. The van der Waals surface area contributed by atoms with Crippen molar-refractivity contribution in [3.05, 3.63) is 107 Å². The molecule has 172 valence electrons. The van der Waals surface area contributed by atoms with E-state index in [0.717, 1.165) is 22.6 Å². The predicted molar refractivity (Wildman–Crippen MR) is 129 cm³/mol. The van der Waals surface area contributed by atoms with Crippen LogP contribution in [0.1, 0.15) is 48.3 Å². The molecule has 1 aliphatic heterocycles. The number of allylic oxidation sites excluding steroid dienone is 2. The topological polar surface area (TPSA) is 46.6 Å². The molecular weight excluding hydrogens is 429 g/mol. The summed E-state index contributed by atoms with van der Waals surface area (Å²) >= 11 is 0. The summed E-state index contributed by atoms with van der Waals surface area (Å²) in [6.45, 7) is 2.53. The number of rotatable bonds is 5. The molecule has 0 saturated carbocycles. The van der Waals surface area contributed by atoms with Crippen LogP contribution in [-0.4, -0.2) is 11.7 Å². The summed E-state index contributed by atoms with van der Waals surface area (Å²) in [5.41, 5.74) is 5.29. The molecule has 1 atom stereocenters. The average molecular weight is 456 g/mol. The van der Waals surface area contributed by atoms with Crippen molar-refractivity contribution in [2.45, 2.75) is 45.1 Å². The monoisotopic (exact) mass is 455 g/mol. The van der Waals surface area contributed by atoms with E-state index in [0.29, 0.717) is 37.1 Å². The van der Waals surface area contributed by atoms with Crippen LogP contribution in [0.4, 0.5) is 10.1 Å². The van der Waals surface area contributed by atoms with Gasteiger partial charge in [-0.1, -0.05) is 42.0 Å². The zero-order chi connectivity index (χ0) is 23.7. The van der Waals surface area contributed by atoms with Crippen LogP contribution >= 0.6 is 0 Å². The number of ketones is 1. The van der Waals surface area contributed by atoms with E-state index < -0.39 is 0 Å². The first-order chi connectivity index (χ1) is 16.5. The van der Waals surface area contributed by atoms with E-state index in [1.165, 1.54) is 17.7 Å². The number of hydrogen-bond acceptors (Lipinski definition) is 3. The van der Waals surface area contributed by atoms with Gasteiger partial charge < -0.3 is 4.74 Å². The number of ether oxygens (including phenoxy) is 1. The molecule has 1 aliphatic carbocycles. The minimum absolute atomic E-state index is 0.0789. The largest absolute Gasteiger partial charge is 0.489 e. The third-order valence-electron chi connectivity index (χ3n) is 6.53. The van der Waals surface area contributed by atoms with E-state index in [-0.39, 0.29) is 29.8 Å². The maximum Gasteiger partial charge on any atom is 0.232 e. The maximum absolute atomic E-state index is 13.5. The second kappa shape index (κ2) is 9.26. The van der Waals surface area contributed by atoms with Crippen molar-refractivity contribution in [3.63, 3.8) is 0 Å². The summed E-state index contributed by atoms with van der Waals surface area (Å²) in [7, 11) is 0. The standard InChI is InChI=1S/C29H26FNO3/c1-19-4-2-5-20(16-19)18-34-24-14-8-21(9-15-24)25-17-28(33)31(23-12-10-22(30)11-13-23)26-6-3-7-27(32)29(25)26/h2,4-5,8-16,25H,3,6-7,17-18H2,1H3. The zero-order valence-corrected chi connectivity index (χ0v) is 19.1. The van der Waals surface area contributed by atoms with E-state index in [9.17, 15) is 14.0 Å². The van der Waals surface area contributed by atoms with Gasteiger partial charge in [0.2, 0.25) is 5.91 Å². The van der Waals surface area contributed by atoms with Crippen LogP contribution in [-0.2, 0) is 16.2 Å². The number of aryl methyl sites for hydroxylation is 1. The van der Waals surface area contributed by atoms with Gasteiger partial charge in [-0.2, -0.15) is 0 Å². The fourth-order valence-electron chi connectivity index (χ4n) is 4.93. The maximum atomic E-state index is 13.5. The van der Waals surface area contributed by atoms with Crippen LogP contribution in [0.2, 0.25) is 0 Å². The van der Waals surface area contributed by atoms with Gasteiger partial charge >= 0.3 is 0 Å². The van der Waals surface area contributed by atoms with Gasteiger partial charge in [0, 0.05) is 35.7 Å². The van der Waals surface area contributed by atoms with Crippen LogP contribution in [0.5, 0.6) is 5.75 Å². The molecule has 2 aliphatic rings. The highest BCUT2D eigenvalue weighted by Crippen LogP contribution is 2.43. The molecule has 4 nitrogen and oxygen atoms in total. The summed E-state index contributed by atoms with van der Waals surface area (Å²) in [6, 6.07) is 21.8. The number of carbonyl (C=O) groups excluding carboxylic acids is 2. The van der Waals surface area contributed by atoms with Gasteiger partial charge in [-0.25, -0.2) is 4.39 Å². The normalized spacial score (nSPS) is 18.2. The molecule has 34 heavy (non-hydrogen) atoms. The molecule has 3 aromatic rings. The van der Waals surface area contributed by atoms with Gasteiger partial charge in [0.15, 0.2) is 5.78 Å². The Labute approximate surface area is 198 Å². The van der Waals surface area contributed by atoms with Crippen molar-refractivity contribution in [2.24, 2.45) is 0 Å². The number of benzene rings is 3. The Kier molecular flexibility index (Phi) is 6.01. The van der Waals surface area contributed by atoms with Crippen molar-refractivity contribution < 1.29 is 18.7 Å². The highest BCUT2D eigenvalue weighted by atomic mass is 19.1. The van der Waals surface area contributed by atoms with Crippen molar-refractivity contribution in [1.82, 2.24) is 0 Å². The van der Waals surface area contributed by atoms with E-state index >= 15 is 0 Å². The molecule has 0 radical (unpaired) electrons. The quantitative estimate of drug-likeness (QED) is 0.457. The van der Waals surface area contributed by atoms with E-state index in [1.54, 1.807) is 17.0 Å². The fourth-order valence-corrected chi connectivity index (χ4v) is 4.93. The minimum Gasteiger partial charge on any atom is -0.489 e. The lowest BCUT2D eigenvalue weighted by Gasteiger charge is -2.38. The lowest BCUT2D eigenvalue weighted by molar-refractivity contribution is -0.119. The SMILES string of the molecule is Cc1cccc(COc2ccc(C3CC(=O)N(c4ccc(F)cc4)C4=C3C(=O)CCC4)cc2)c1. The second-order valence-corrected chi connectivity index (χ2v) is 8.95. The van der Waals surface area contributed by atoms with Crippen LogP contribution in [0.15, 0.2) is 84.1 Å². The van der Waals surface area contributed by atoms with Gasteiger partial charge in [0.05, 0.1) is 0 Å². The van der Waals surface area contributed by atoms with Crippen LogP contribution in [0.3, 0.4) is 0 Å². The van der Waals surface area contributed by atoms with Crippen LogP contribution in [0.25, 0.3) is 0 Å². The molecule has 0 N–H and O–H groups in total. The summed E-state index contributed by atoms with van der Waals surface area (Å²) < 4.78 is 19.4. The predicted octanol–water partition coefficient (Wildman–Crippen LogP) is 6.24. The Morgan fingerprint density at radius 1 is 0.971 bits per heavy atom. The Hall–Kier alpha value is -3.73. The molecule has 1 unspecified atom stereocenters. The van der Waals surface area contributed by atoms with Crippen LogP contribution < -0.4 is 9.64 Å². The molecule has 5 rings (SSSR count). The van der Waals surface area contributed by atoms with Gasteiger partial charge in [0.25, 0.3) is 0 Å². The van der Waals surface area contributed by atoms with Crippen LogP contribution in [0, 0.1) is 12.7 Å². The van der Waals surface area contributed by atoms with Crippen molar-refractivity contribution in [3.8, 4) is 5.75 Å². The Bertz CT molecular complexity index is 1260. The summed E-state index contributed by atoms with van der Waals surface area (Å²) in [4.78, 5) is 27.9. The third kappa shape index (κ3) is 4.38. The molecule has 0 saturated heterocycles. The number of anilines is 1. The van der Waals surface area contributed by atoms with E-state index in [4.69, 9.17) is 4.74 Å². The minimum atomic E-state index is -0.357. The summed E-state index contributed by atoms with van der Waals surface area (Å²) in [5.74, 6) is 0.113. The van der Waals surface area contributed by atoms with Gasteiger partial charge in [-0.15, -0.1) is 0 Å². The molecule has 0 aromatic heterocycles. The van der Waals surface area contributed by atoms with Gasteiger partial charge in [-0.3, -0.25) is 14.5 Å². The molecule has 1 heterocycles. The zero-order valence-electron chi connectivity index (χ0n) is 19.1. The van der Waals surface area contributed by atoms with Crippen molar-refractivity contribution in [2.75, 3.05) is 4.90 Å².